The zero-order chi connectivity index (χ0) is 12.4. The Hall–Kier alpha value is -1.07. The maximum Gasteiger partial charge on any atom is 0.191 e. The molecule has 0 aliphatic carbocycles. The average Bonchev–Trinajstić information content (AvgIpc) is 2.60. The Morgan fingerprint density at radius 2 is 2.18 bits per heavy atom. The number of halogens is 2. The molecule has 0 amide bonds. The quantitative estimate of drug-likeness (QED) is 0.803. The Morgan fingerprint density at radius 3 is 2.76 bits per heavy atom. The van der Waals surface area contributed by atoms with Crippen LogP contribution in [0.25, 0.3) is 0 Å². The van der Waals surface area contributed by atoms with Gasteiger partial charge in [-0.3, -0.25) is 0 Å². The average molecular weight is 272 g/mol. The highest BCUT2D eigenvalue weighted by molar-refractivity contribution is 7.98. The molecule has 0 aliphatic heterocycles. The summed E-state index contributed by atoms with van der Waals surface area (Å²) in [7, 11) is 1.88. The van der Waals surface area contributed by atoms with Crippen molar-refractivity contribution in [2.75, 3.05) is 0 Å². The summed E-state index contributed by atoms with van der Waals surface area (Å²) < 4.78 is 15.4. The number of thioether (sulfide) groups is 1. The van der Waals surface area contributed by atoms with Crippen LogP contribution in [-0.2, 0) is 12.8 Å². The lowest BCUT2D eigenvalue weighted by Gasteiger charge is -2.05. The highest BCUT2D eigenvalue weighted by atomic mass is 35.5. The lowest BCUT2D eigenvalue weighted by Crippen LogP contribution is -1.95. The van der Waals surface area contributed by atoms with Gasteiger partial charge in [-0.25, -0.2) is 4.39 Å². The van der Waals surface area contributed by atoms with Crippen LogP contribution in [0.4, 0.5) is 4.39 Å². The van der Waals surface area contributed by atoms with E-state index in [0.717, 1.165) is 11.0 Å². The van der Waals surface area contributed by atoms with E-state index in [0.29, 0.717) is 16.3 Å². The lowest BCUT2D eigenvalue weighted by atomic mass is 10.2. The smallest absolute Gasteiger partial charge is 0.191 e. The third-order valence-electron chi connectivity index (χ3n) is 2.46. The van der Waals surface area contributed by atoms with Crippen LogP contribution < -0.4 is 0 Å². The van der Waals surface area contributed by atoms with Gasteiger partial charge in [0.1, 0.15) is 11.6 Å². The fourth-order valence-corrected chi connectivity index (χ4v) is 2.62. The molecule has 1 aromatic carbocycles. The fourth-order valence-electron chi connectivity index (χ4n) is 1.32. The van der Waals surface area contributed by atoms with Crippen molar-refractivity contribution in [3.63, 3.8) is 0 Å². The number of benzene rings is 1. The van der Waals surface area contributed by atoms with E-state index in [1.54, 1.807) is 12.1 Å². The zero-order valence-corrected chi connectivity index (χ0v) is 11.0. The van der Waals surface area contributed by atoms with Gasteiger partial charge in [0.25, 0.3) is 0 Å². The molecule has 0 saturated carbocycles. The summed E-state index contributed by atoms with van der Waals surface area (Å²) in [6.07, 6.45) is 0. The summed E-state index contributed by atoms with van der Waals surface area (Å²) in [6, 6.07) is 4.68. The fraction of sp³-hybridized carbons (Fsp3) is 0.273. The Balaban J connectivity index is 2.15. The number of aryl methyl sites for hydroxylation is 1. The SMILES string of the molecule is Cc1nnc(SCc2c(F)cccc2Cl)n1C. The minimum absolute atomic E-state index is 0.288. The second-order valence-corrected chi connectivity index (χ2v) is 4.93. The van der Waals surface area contributed by atoms with Crippen LogP contribution in [0, 0.1) is 12.7 Å². The van der Waals surface area contributed by atoms with Gasteiger partial charge < -0.3 is 4.57 Å². The van der Waals surface area contributed by atoms with E-state index in [9.17, 15) is 4.39 Å². The molecule has 0 unspecified atom stereocenters. The molecule has 0 fully saturated rings. The van der Waals surface area contributed by atoms with Crippen LogP contribution >= 0.6 is 23.4 Å². The highest BCUT2D eigenvalue weighted by Crippen LogP contribution is 2.27. The van der Waals surface area contributed by atoms with Crippen molar-refractivity contribution in [2.24, 2.45) is 7.05 Å². The van der Waals surface area contributed by atoms with E-state index in [2.05, 4.69) is 10.2 Å². The monoisotopic (exact) mass is 271 g/mol. The molecular weight excluding hydrogens is 261 g/mol. The van der Waals surface area contributed by atoms with Crippen LogP contribution in [0.2, 0.25) is 5.02 Å². The molecule has 2 rings (SSSR count). The Labute approximate surface area is 108 Å². The van der Waals surface area contributed by atoms with Gasteiger partial charge >= 0.3 is 0 Å². The summed E-state index contributed by atoms with van der Waals surface area (Å²) in [5, 5.41) is 9.13. The number of hydrogen-bond donors (Lipinski definition) is 0. The Kier molecular flexibility index (Phi) is 3.69. The molecule has 6 heteroatoms. The second-order valence-electron chi connectivity index (χ2n) is 3.58. The number of aromatic nitrogens is 3. The van der Waals surface area contributed by atoms with Crippen LogP contribution in [0.3, 0.4) is 0 Å². The van der Waals surface area contributed by atoms with E-state index < -0.39 is 0 Å². The van der Waals surface area contributed by atoms with Gasteiger partial charge in [-0.05, 0) is 19.1 Å². The molecule has 0 spiro atoms. The van der Waals surface area contributed by atoms with Crippen LogP contribution in [-0.4, -0.2) is 14.8 Å². The van der Waals surface area contributed by atoms with Gasteiger partial charge in [0.05, 0.1) is 0 Å². The lowest BCUT2D eigenvalue weighted by molar-refractivity contribution is 0.617. The largest absolute Gasteiger partial charge is 0.309 e. The zero-order valence-electron chi connectivity index (χ0n) is 9.44. The summed E-state index contributed by atoms with van der Waals surface area (Å²) in [6.45, 7) is 1.87. The molecule has 17 heavy (non-hydrogen) atoms. The molecule has 0 radical (unpaired) electrons. The van der Waals surface area contributed by atoms with E-state index in [1.165, 1.54) is 17.8 Å². The first-order chi connectivity index (χ1) is 8.09. The summed E-state index contributed by atoms with van der Waals surface area (Å²) >= 11 is 7.36. The predicted molar refractivity (Wildman–Crippen MR) is 66.7 cm³/mol. The van der Waals surface area contributed by atoms with Gasteiger partial charge in [0, 0.05) is 23.4 Å². The van der Waals surface area contributed by atoms with Crippen LogP contribution in [0.5, 0.6) is 0 Å². The van der Waals surface area contributed by atoms with Crippen molar-refractivity contribution in [3.05, 3.63) is 40.4 Å². The van der Waals surface area contributed by atoms with Gasteiger partial charge in [-0.2, -0.15) is 0 Å². The highest BCUT2D eigenvalue weighted by Gasteiger charge is 2.10. The first-order valence-electron chi connectivity index (χ1n) is 5.01. The first-order valence-corrected chi connectivity index (χ1v) is 6.37. The van der Waals surface area contributed by atoms with Gasteiger partial charge in [-0.1, -0.05) is 29.4 Å². The Bertz CT molecular complexity index is 521. The minimum atomic E-state index is -0.288. The van der Waals surface area contributed by atoms with Crippen molar-refractivity contribution in [3.8, 4) is 0 Å². The van der Waals surface area contributed by atoms with Crippen LogP contribution in [0.1, 0.15) is 11.4 Å². The molecule has 3 nitrogen and oxygen atoms in total. The Morgan fingerprint density at radius 1 is 1.41 bits per heavy atom. The van der Waals surface area contributed by atoms with E-state index in [4.69, 9.17) is 11.6 Å². The normalized spacial score (nSPS) is 10.8. The third-order valence-corrected chi connectivity index (χ3v) is 3.86. The summed E-state index contributed by atoms with van der Waals surface area (Å²) in [5.74, 6) is 0.980. The molecule has 1 aromatic heterocycles. The second kappa shape index (κ2) is 5.06. The van der Waals surface area contributed by atoms with E-state index in [1.807, 2.05) is 18.5 Å². The maximum atomic E-state index is 13.5. The van der Waals surface area contributed by atoms with E-state index >= 15 is 0 Å². The van der Waals surface area contributed by atoms with Crippen molar-refractivity contribution >= 4 is 23.4 Å². The topological polar surface area (TPSA) is 30.7 Å². The van der Waals surface area contributed by atoms with Crippen molar-refractivity contribution in [1.82, 2.24) is 14.8 Å². The molecule has 0 bridgehead atoms. The van der Waals surface area contributed by atoms with Gasteiger partial charge in [0.2, 0.25) is 0 Å². The minimum Gasteiger partial charge on any atom is -0.309 e. The molecule has 0 saturated heterocycles. The number of rotatable bonds is 3. The molecule has 0 N–H and O–H groups in total. The van der Waals surface area contributed by atoms with E-state index in [-0.39, 0.29) is 5.82 Å². The van der Waals surface area contributed by atoms with Gasteiger partial charge in [-0.15, -0.1) is 10.2 Å². The van der Waals surface area contributed by atoms with Crippen molar-refractivity contribution < 1.29 is 4.39 Å². The van der Waals surface area contributed by atoms with Gasteiger partial charge in [0.15, 0.2) is 5.16 Å². The standard InChI is InChI=1S/C11H11ClFN3S/c1-7-14-15-11(16(7)2)17-6-8-9(12)4-3-5-10(8)13/h3-5H,6H2,1-2H3. The van der Waals surface area contributed by atoms with Crippen LogP contribution in [0.15, 0.2) is 23.4 Å². The molecule has 2 aromatic rings. The predicted octanol–water partition coefficient (Wildman–Crippen LogP) is 3.21. The third kappa shape index (κ3) is 2.61. The van der Waals surface area contributed by atoms with Crippen molar-refractivity contribution in [1.29, 1.82) is 0 Å². The number of hydrogen-bond acceptors (Lipinski definition) is 3. The summed E-state index contributed by atoms with van der Waals surface area (Å²) in [5.41, 5.74) is 0.500. The maximum absolute atomic E-state index is 13.5. The molecule has 0 aliphatic rings. The molecule has 1 heterocycles. The molecular formula is C11H11ClFN3S. The number of nitrogens with zero attached hydrogens (tertiary/aromatic N) is 3. The molecule has 90 valence electrons. The summed E-state index contributed by atoms with van der Waals surface area (Å²) in [4.78, 5) is 0. The van der Waals surface area contributed by atoms with Crippen molar-refractivity contribution in [2.45, 2.75) is 17.8 Å². The first kappa shape index (κ1) is 12.4. The molecule has 0 atom stereocenters.